The van der Waals surface area contributed by atoms with Crippen molar-refractivity contribution in [2.75, 3.05) is 19.6 Å². The number of aromatic nitrogens is 3. The first-order valence-electron chi connectivity index (χ1n) is 16.1. The normalized spacial score (nSPS) is 22.1. The molecule has 1 fully saturated rings. The zero-order chi connectivity index (χ0) is 31.9. The van der Waals surface area contributed by atoms with Gasteiger partial charge in [0, 0.05) is 43.0 Å². The van der Waals surface area contributed by atoms with Gasteiger partial charge in [0.25, 0.3) is 11.8 Å². The van der Waals surface area contributed by atoms with E-state index in [1.165, 1.54) is 5.56 Å². The summed E-state index contributed by atoms with van der Waals surface area (Å²) in [6.45, 7) is 15.5. The summed E-state index contributed by atoms with van der Waals surface area (Å²) in [6.07, 6.45) is 8.61. The predicted octanol–water partition coefficient (Wildman–Crippen LogP) is 5.50. The number of fused-ring (bicyclic) bond motifs is 1. The van der Waals surface area contributed by atoms with Gasteiger partial charge in [-0.05, 0) is 84.1 Å². The Morgan fingerprint density at radius 2 is 1.82 bits per heavy atom. The first kappa shape index (κ1) is 31.0. The Morgan fingerprint density at radius 3 is 2.51 bits per heavy atom. The smallest absolute Gasteiger partial charge is 0.254 e. The van der Waals surface area contributed by atoms with Gasteiger partial charge >= 0.3 is 0 Å². The van der Waals surface area contributed by atoms with E-state index < -0.39 is 5.92 Å². The van der Waals surface area contributed by atoms with Gasteiger partial charge in [0.1, 0.15) is 0 Å². The monoisotopic (exact) mass is 607 g/mol. The number of nitrogens with zero attached hydrogens (tertiary/aromatic N) is 5. The maximum Gasteiger partial charge on any atom is 0.254 e. The number of likely N-dealkylation sites (tertiary alicyclic amines) is 1. The summed E-state index contributed by atoms with van der Waals surface area (Å²) in [6, 6.07) is 12.7. The Labute approximate surface area is 265 Å². The topological polar surface area (TPSA) is 105 Å². The van der Waals surface area contributed by atoms with Gasteiger partial charge in [-0.25, -0.2) is 14.7 Å². The minimum absolute atomic E-state index is 0.137. The summed E-state index contributed by atoms with van der Waals surface area (Å²) in [5.74, 6) is -0.920. The number of nitrogens with one attached hydrogen (secondary N) is 2. The second-order valence-electron chi connectivity index (χ2n) is 14.2. The Kier molecular flexibility index (Phi) is 8.35. The number of aliphatic imine (C=N–C) groups is 1. The molecule has 9 nitrogen and oxygen atoms in total. The van der Waals surface area contributed by atoms with Crippen LogP contribution in [0.3, 0.4) is 0 Å². The molecule has 0 bridgehead atoms. The molecule has 2 amide bonds. The summed E-state index contributed by atoms with van der Waals surface area (Å²) in [5.41, 5.74) is 5.73. The lowest BCUT2D eigenvalue weighted by molar-refractivity contribution is -0.120. The Hall–Kier alpha value is -3.95. The fraction of sp³-hybridized carbons (Fsp3) is 0.472. The standard InChI is InChI=1S/C36H45N7O2/c1-23-16-24(2)39-34(45)29(23)20-37-33(44)28-17-31(26-18-35(3,4)41-36(5,6)19-26)40-32-30(28)21-38-43(32)27-12-14-42(15-13-27)22-25-10-8-7-9-11-25/h7-11,16-18,21,27,29,41H,12-15,19-20,22H2,1-6H3,(H,37,44). The van der Waals surface area contributed by atoms with Crippen LogP contribution in [0.1, 0.15) is 88.5 Å². The highest BCUT2D eigenvalue weighted by atomic mass is 16.2. The van der Waals surface area contributed by atoms with Crippen LogP contribution in [0.2, 0.25) is 0 Å². The summed E-state index contributed by atoms with van der Waals surface area (Å²) in [7, 11) is 0. The van der Waals surface area contributed by atoms with E-state index in [2.05, 4.69) is 84.6 Å². The van der Waals surface area contributed by atoms with E-state index in [0.29, 0.717) is 11.3 Å². The van der Waals surface area contributed by atoms with Gasteiger partial charge in [0.15, 0.2) is 5.65 Å². The maximum atomic E-state index is 13.9. The first-order valence-corrected chi connectivity index (χ1v) is 16.1. The molecule has 3 aliphatic heterocycles. The molecule has 236 valence electrons. The summed E-state index contributed by atoms with van der Waals surface area (Å²) >= 11 is 0. The molecule has 5 heterocycles. The molecule has 0 saturated carbocycles. The molecule has 3 aliphatic rings. The van der Waals surface area contributed by atoms with Crippen molar-refractivity contribution >= 4 is 34.1 Å². The van der Waals surface area contributed by atoms with Crippen molar-refractivity contribution < 1.29 is 9.59 Å². The molecule has 2 N–H and O–H groups in total. The molecule has 3 aromatic rings. The van der Waals surface area contributed by atoms with Gasteiger partial charge in [-0.3, -0.25) is 14.5 Å². The van der Waals surface area contributed by atoms with E-state index in [1.807, 2.05) is 30.7 Å². The Bertz CT molecular complexity index is 1710. The molecule has 45 heavy (non-hydrogen) atoms. The minimum Gasteiger partial charge on any atom is -0.351 e. The van der Waals surface area contributed by atoms with Crippen LogP contribution < -0.4 is 10.6 Å². The Balaban J connectivity index is 1.31. The number of carbonyl (C=O) groups excluding carboxylic acids is 2. The van der Waals surface area contributed by atoms with Crippen LogP contribution in [0.15, 0.2) is 65.3 Å². The number of allylic oxidation sites excluding steroid dienone is 1. The van der Waals surface area contributed by atoms with Gasteiger partial charge in [0.2, 0.25) is 0 Å². The first-order chi connectivity index (χ1) is 21.4. The molecular weight excluding hydrogens is 562 g/mol. The second-order valence-corrected chi connectivity index (χ2v) is 14.2. The highest BCUT2D eigenvalue weighted by molar-refractivity contribution is 6.07. The summed E-state index contributed by atoms with van der Waals surface area (Å²) < 4.78 is 2.04. The number of benzene rings is 1. The fourth-order valence-corrected chi connectivity index (χ4v) is 7.33. The molecule has 0 radical (unpaired) electrons. The van der Waals surface area contributed by atoms with Crippen LogP contribution >= 0.6 is 0 Å². The van der Waals surface area contributed by atoms with Crippen molar-refractivity contribution in [1.29, 1.82) is 0 Å². The van der Waals surface area contributed by atoms with E-state index in [1.54, 1.807) is 6.20 Å². The third-order valence-electron chi connectivity index (χ3n) is 9.16. The average molecular weight is 608 g/mol. The molecule has 6 rings (SSSR count). The van der Waals surface area contributed by atoms with Crippen molar-refractivity contribution in [3.63, 3.8) is 0 Å². The van der Waals surface area contributed by atoms with Crippen LogP contribution in [0.25, 0.3) is 16.6 Å². The quantitative estimate of drug-likeness (QED) is 0.368. The van der Waals surface area contributed by atoms with Gasteiger partial charge in [0.05, 0.1) is 34.8 Å². The van der Waals surface area contributed by atoms with E-state index in [4.69, 9.17) is 10.1 Å². The van der Waals surface area contributed by atoms with Crippen LogP contribution in [-0.4, -0.2) is 67.9 Å². The predicted molar refractivity (Wildman–Crippen MR) is 179 cm³/mol. The zero-order valence-corrected chi connectivity index (χ0v) is 27.4. The largest absolute Gasteiger partial charge is 0.351 e. The number of hydrogen-bond donors (Lipinski definition) is 2. The highest BCUT2D eigenvalue weighted by Gasteiger charge is 2.34. The van der Waals surface area contributed by atoms with E-state index in [0.717, 1.165) is 66.8 Å². The number of rotatable bonds is 7. The molecule has 0 aliphatic carbocycles. The zero-order valence-electron chi connectivity index (χ0n) is 27.4. The molecule has 1 unspecified atom stereocenters. The number of dihydropyridines is 1. The fourth-order valence-electron chi connectivity index (χ4n) is 7.33. The second kappa shape index (κ2) is 12.1. The molecule has 9 heteroatoms. The lowest BCUT2D eigenvalue weighted by atomic mass is 9.82. The lowest BCUT2D eigenvalue weighted by Gasteiger charge is -2.41. The summed E-state index contributed by atoms with van der Waals surface area (Å²) in [5, 5.41) is 12.3. The third-order valence-corrected chi connectivity index (χ3v) is 9.16. The van der Waals surface area contributed by atoms with Crippen molar-refractivity contribution in [3.8, 4) is 0 Å². The third kappa shape index (κ3) is 6.84. The molecular formula is C36H45N7O2. The maximum absolute atomic E-state index is 13.9. The lowest BCUT2D eigenvalue weighted by Crippen LogP contribution is -2.53. The van der Waals surface area contributed by atoms with Crippen LogP contribution in [-0.2, 0) is 11.3 Å². The number of pyridine rings is 1. The van der Waals surface area contributed by atoms with Gasteiger partial charge in [-0.1, -0.05) is 42.0 Å². The van der Waals surface area contributed by atoms with Gasteiger partial charge in [-0.2, -0.15) is 5.10 Å². The number of piperidine rings is 1. The van der Waals surface area contributed by atoms with Crippen molar-refractivity contribution in [3.05, 3.63) is 77.1 Å². The SMILES string of the molecule is CC1=CC(C)=NC(=O)C1CNC(=O)c1cc(C2=CC(C)(C)NC(C)(C)C2)nc2c1cnn2C1CCN(Cc2ccccc2)CC1. The van der Waals surface area contributed by atoms with Crippen molar-refractivity contribution in [2.24, 2.45) is 10.9 Å². The van der Waals surface area contributed by atoms with E-state index in [-0.39, 0.29) is 35.5 Å². The number of amides is 2. The minimum atomic E-state index is -0.466. The molecule has 1 saturated heterocycles. The molecule has 2 aromatic heterocycles. The summed E-state index contributed by atoms with van der Waals surface area (Å²) in [4.78, 5) is 38.3. The number of carbonyl (C=O) groups is 2. The van der Waals surface area contributed by atoms with Crippen LogP contribution in [0, 0.1) is 5.92 Å². The van der Waals surface area contributed by atoms with Crippen LogP contribution in [0.4, 0.5) is 0 Å². The molecule has 1 atom stereocenters. The highest BCUT2D eigenvalue weighted by Crippen LogP contribution is 2.35. The Morgan fingerprint density at radius 1 is 1.09 bits per heavy atom. The van der Waals surface area contributed by atoms with Crippen molar-refractivity contribution in [1.82, 2.24) is 30.3 Å². The van der Waals surface area contributed by atoms with Gasteiger partial charge < -0.3 is 10.6 Å². The number of hydrogen-bond acceptors (Lipinski definition) is 6. The molecule has 1 aromatic carbocycles. The molecule has 0 spiro atoms. The van der Waals surface area contributed by atoms with Crippen LogP contribution in [0.5, 0.6) is 0 Å². The van der Waals surface area contributed by atoms with E-state index >= 15 is 0 Å². The average Bonchev–Trinajstić information content (AvgIpc) is 3.39. The van der Waals surface area contributed by atoms with Gasteiger partial charge in [-0.15, -0.1) is 0 Å². The van der Waals surface area contributed by atoms with Crippen molar-refractivity contribution in [2.45, 2.75) is 84.5 Å². The van der Waals surface area contributed by atoms with E-state index in [9.17, 15) is 9.59 Å².